The van der Waals surface area contributed by atoms with Gasteiger partial charge in [-0.3, -0.25) is 4.98 Å². The van der Waals surface area contributed by atoms with E-state index < -0.39 is 5.82 Å². The molecule has 4 nitrogen and oxygen atoms in total. The van der Waals surface area contributed by atoms with Crippen molar-refractivity contribution in [3.63, 3.8) is 0 Å². The van der Waals surface area contributed by atoms with Gasteiger partial charge in [-0.25, -0.2) is 4.39 Å². The summed E-state index contributed by atoms with van der Waals surface area (Å²) in [5.41, 5.74) is 11.0. The molecular weight excluding hydrogens is 209 g/mol. The molecule has 0 aliphatic heterocycles. The van der Waals surface area contributed by atoms with Gasteiger partial charge in [0.15, 0.2) is 11.6 Å². The Hall–Kier alpha value is -2.30. The number of benzene rings is 1. The van der Waals surface area contributed by atoms with Crippen molar-refractivity contribution in [3.05, 3.63) is 42.5 Å². The molecule has 0 aliphatic carbocycles. The molecule has 16 heavy (non-hydrogen) atoms. The third kappa shape index (κ3) is 1.88. The summed E-state index contributed by atoms with van der Waals surface area (Å²) in [5.74, 6) is -0.132. The van der Waals surface area contributed by atoms with Gasteiger partial charge in [-0.05, 0) is 24.3 Å². The van der Waals surface area contributed by atoms with Gasteiger partial charge < -0.3 is 16.2 Å². The zero-order valence-corrected chi connectivity index (χ0v) is 8.35. The van der Waals surface area contributed by atoms with Crippen LogP contribution in [-0.2, 0) is 0 Å². The molecule has 0 saturated heterocycles. The number of pyridine rings is 1. The summed E-state index contributed by atoms with van der Waals surface area (Å²) >= 11 is 0. The highest BCUT2D eigenvalue weighted by Crippen LogP contribution is 2.30. The van der Waals surface area contributed by atoms with Crippen LogP contribution in [0.4, 0.5) is 15.8 Å². The van der Waals surface area contributed by atoms with Crippen molar-refractivity contribution in [3.8, 4) is 11.5 Å². The fourth-order valence-electron chi connectivity index (χ4n) is 1.20. The monoisotopic (exact) mass is 219 g/mol. The van der Waals surface area contributed by atoms with E-state index in [1.807, 2.05) is 0 Å². The van der Waals surface area contributed by atoms with Crippen LogP contribution in [0.25, 0.3) is 0 Å². The molecule has 0 fully saturated rings. The van der Waals surface area contributed by atoms with E-state index in [9.17, 15) is 4.39 Å². The lowest BCUT2D eigenvalue weighted by Crippen LogP contribution is -1.99. The second kappa shape index (κ2) is 4.06. The van der Waals surface area contributed by atoms with Gasteiger partial charge in [0, 0.05) is 12.4 Å². The minimum atomic E-state index is -0.656. The van der Waals surface area contributed by atoms with Crippen LogP contribution in [0.2, 0.25) is 0 Å². The van der Waals surface area contributed by atoms with Crippen LogP contribution >= 0.6 is 0 Å². The number of rotatable bonds is 2. The molecule has 0 amide bonds. The van der Waals surface area contributed by atoms with Crippen LogP contribution in [0.1, 0.15) is 0 Å². The summed E-state index contributed by atoms with van der Waals surface area (Å²) < 4.78 is 18.9. The van der Waals surface area contributed by atoms with Crippen molar-refractivity contribution >= 4 is 11.4 Å². The van der Waals surface area contributed by atoms with E-state index >= 15 is 0 Å². The van der Waals surface area contributed by atoms with Gasteiger partial charge in [0.25, 0.3) is 0 Å². The highest BCUT2D eigenvalue weighted by atomic mass is 19.1. The molecule has 82 valence electrons. The zero-order valence-electron chi connectivity index (χ0n) is 8.35. The predicted molar refractivity (Wildman–Crippen MR) is 59.5 cm³/mol. The molecule has 0 bridgehead atoms. The van der Waals surface area contributed by atoms with Crippen LogP contribution in [0, 0.1) is 5.82 Å². The van der Waals surface area contributed by atoms with Crippen molar-refractivity contribution in [2.75, 3.05) is 11.5 Å². The van der Waals surface area contributed by atoms with Crippen LogP contribution < -0.4 is 16.2 Å². The highest BCUT2D eigenvalue weighted by molar-refractivity contribution is 5.66. The van der Waals surface area contributed by atoms with Crippen molar-refractivity contribution < 1.29 is 9.13 Å². The third-order valence-electron chi connectivity index (χ3n) is 2.06. The summed E-state index contributed by atoms with van der Waals surface area (Å²) in [6.45, 7) is 0. The van der Waals surface area contributed by atoms with Crippen LogP contribution in [-0.4, -0.2) is 4.98 Å². The van der Waals surface area contributed by atoms with Crippen molar-refractivity contribution in [2.45, 2.75) is 0 Å². The Morgan fingerprint density at radius 1 is 1.06 bits per heavy atom. The fraction of sp³-hybridized carbons (Fsp3) is 0. The van der Waals surface area contributed by atoms with Crippen LogP contribution in [0.5, 0.6) is 11.5 Å². The SMILES string of the molecule is Nc1ccc(Oc2ccncc2)c(F)c1N. The maximum atomic E-state index is 13.6. The van der Waals surface area contributed by atoms with Crippen molar-refractivity contribution in [1.82, 2.24) is 4.98 Å². The molecule has 2 aromatic rings. The van der Waals surface area contributed by atoms with Gasteiger partial charge in [-0.1, -0.05) is 0 Å². The van der Waals surface area contributed by atoms with E-state index in [0.717, 1.165) is 0 Å². The molecule has 5 heteroatoms. The molecule has 4 N–H and O–H groups in total. The number of nitrogen functional groups attached to an aromatic ring is 2. The Bertz CT molecular complexity index is 502. The number of halogens is 1. The Morgan fingerprint density at radius 2 is 1.75 bits per heavy atom. The summed E-state index contributed by atoms with van der Waals surface area (Å²) in [4.78, 5) is 3.82. The van der Waals surface area contributed by atoms with E-state index in [2.05, 4.69) is 4.98 Å². The molecule has 1 aromatic heterocycles. The number of nitrogens with zero attached hydrogens (tertiary/aromatic N) is 1. The molecule has 0 unspecified atom stereocenters. The molecule has 0 atom stereocenters. The number of ether oxygens (including phenoxy) is 1. The molecular formula is C11H10FN3O. The number of nitrogens with two attached hydrogens (primary N) is 2. The first-order valence-electron chi connectivity index (χ1n) is 4.60. The smallest absolute Gasteiger partial charge is 0.190 e. The van der Waals surface area contributed by atoms with Crippen LogP contribution in [0.15, 0.2) is 36.7 Å². The third-order valence-corrected chi connectivity index (χ3v) is 2.06. The largest absolute Gasteiger partial charge is 0.454 e. The van der Waals surface area contributed by atoms with Crippen molar-refractivity contribution in [2.24, 2.45) is 0 Å². The van der Waals surface area contributed by atoms with E-state index in [-0.39, 0.29) is 17.1 Å². The maximum absolute atomic E-state index is 13.6. The van der Waals surface area contributed by atoms with Gasteiger partial charge >= 0.3 is 0 Å². The van der Waals surface area contributed by atoms with E-state index in [1.54, 1.807) is 24.5 Å². The molecule has 0 spiro atoms. The first kappa shape index (κ1) is 10.2. The first-order valence-corrected chi connectivity index (χ1v) is 4.60. The number of hydrogen-bond donors (Lipinski definition) is 2. The Morgan fingerprint density at radius 3 is 2.44 bits per heavy atom. The molecule has 0 aliphatic rings. The molecule has 1 heterocycles. The van der Waals surface area contributed by atoms with Crippen molar-refractivity contribution in [1.29, 1.82) is 0 Å². The van der Waals surface area contributed by atoms with Gasteiger partial charge in [0.1, 0.15) is 5.75 Å². The summed E-state index contributed by atoms with van der Waals surface area (Å²) in [6.07, 6.45) is 3.10. The molecule has 0 radical (unpaired) electrons. The summed E-state index contributed by atoms with van der Waals surface area (Å²) in [6, 6.07) is 6.16. The number of hydrogen-bond acceptors (Lipinski definition) is 4. The molecule has 0 saturated carbocycles. The lowest BCUT2D eigenvalue weighted by molar-refractivity contribution is 0.443. The molecule has 2 rings (SSSR count). The normalized spacial score (nSPS) is 10.1. The number of anilines is 2. The Labute approximate surface area is 91.7 Å². The first-order chi connectivity index (χ1) is 7.68. The molecule has 1 aromatic carbocycles. The minimum absolute atomic E-state index is 0.0397. The lowest BCUT2D eigenvalue weighted by Gasteiger charge is -2.09. The second-order valence-electron chi connectivity index (χ2n) is 3.17. The zero-order chi connectivity index (χ0) is 11.5. The van der Waals surface area contributed by atoms with Gasteiger partial charge in [-0.15, -0.1) is 0 Å². The summed E-state index contributed by atoms with van der Waals surface area (Å²) in [5, 5.41) is 0. The maximum Gasteiger partial charge on any atom is 0.190 e. The van der Waals surface area contributed by atoms with E-state index in [4.69, 9.17) is 16.2 Å². The predicted octanol–water partition coefficient (Wildman–Crippen LogP) is 2.18. The van der Waals surface area contributed by atoms with E-state index in [1.165, 1.54) is 12.1 Å². The Balaban J connectivity index is 2.33. The average Bonchev–Trinajstić information content (AvgIpc) is 2.31. The van der Waals surface area contributed by atoms with Gasteiger partial charge in [-0.2, -0.15) is 0 Å². The highest BCUT2D eigenvalue weighted by Gasteiger charge is 2.10. The average molecular weight is 219 g/mol. The standard InChI is InChI=1S/C11H10FN3O/c12-10-9(2-1-8(13)11(10)14)16-7-3-5-15-6-4-7/h1-6H,13-14H2. The minimum Gasteiger partial charge on any atom is -0.454 e. The quantitative estimate of drug-likeness (QED) is 0.759. The lowest BCUT2D eigenvalue weighted by atomic mass is 10.2. The fourth-order valence-corrected chi connectivity index (χ4v) is 1.20. The van der Waals surface area contributed by atoms with E-state index in [0.29, 0.717) is 5.75 Å². The van der Waals surface area contributed by atoms with Crippen LogP contribution in [0.3, 0.4) is 0 Å². The van der Waals surface area contributed by atoms with Gasteiger partial charge in [0.05, 0.1) is 11.4 Å². The van der Waals surface area contributed by atoms with Gasteiger partial charge in [0.2, 0.25) is 0 Å². The number of aromatic nitrogens is 1. The Kier molecular flexibility index (Phi) is 2.59. The second-order valence-corrected chi connectivity index (χ2v) is 3.17. The summed E-state index contributed by atoms with van der Waals surface area (Å²) in [7, 11) is 0. The topological polar surface area (TPSA) is 74.2 Å².